The van der Waals surface area contributed by atoms with Crippen molar-refractivity contribution in [2.45, 2.75) is 25.7 Å². The van der Waals surface area contributed by atoms with Gasteiger partial charge in [0.15, 0.2) is 0 Å². The van der Waals surface area contributed by atoms with Gasteiger partial charge in [0, 0.05) is 6.42 Å². The molecule has 3 aromatic rings. The lowest BCUT2D eigenvalue weighted by molar-refractivity contribution is -0.125. The predicted octanol–water partition coefficient (Wildman–Crippen LogP) is 2.70. The molecular weight excluding hydrogens is 302 g/mol. The minimum absolute atomic E-state index is 0.278. The minimum atomic E-state index is -0.754. The summed E-state index contributed by atoms with van der Waals surface area (Å²) in [6.45, 7) is 3.63. The third-order valence-corrected chi connectivity index (χ3v) is 4.61. The van der Waals surface area contributed by atoms with Gasteiger partial charge in [0.1, 0.15) is 11.3 Å². The molecule has 0 saturated carbocycles. The van der Waals surface area contributed by atoms with Crippen LogP contribution in [0.1, 0.15) is 41.2 Å². The number of hydrogen-bond acceptors (Lipinski definition) is 3. The summed E-state index contributed by atoms with van der Waals surface area (Å²) < 4.78 is 0. The SMILES string of the molecule is CC1(C)C(=O)NC(=O)c2c1ccc1[nH]c(Cc3ccccc3)nc21. The van der Waals surface area contributed by atoms with Gasteiger partial charge in [-0.15, -0.1) is 0 Å². The molecule has 0 radical (unpaired) electrons. The predicted molar refractivity (Wildman–Crippen MR) is 90.8 cm³/mol. The van der Waals surface area contributed by atoms with Gasteiger partial charge >= 0.3 is 0 Å². The molecule has 1 aromatic heterocycles. The number of carbonyl (C=O) groups is 2. The highest BCUT2D eigenvalue weighted by Crippen LogP contribution is 2.34. The van der Waals surface area contributed by atoms with Crippen molar-refractivity contribution < 1.29 is 9.59 Å². The second-order valence-electron chi connectivity index (χ2n) is 6.64. The molecule has 2 aromatic carbocycles. The van der Waals surface area contributed by atoms with E-state index in [2.05, 4.69) is 15.3 Å². The standard InChI is InChI=1S/C19H17N3O2/c1-19(2)12-8-9-13-16(15(12)17(23)22-18(19)24)21-14(20-13)10-11-6-4-3-5-7-11/h3-9H,10H2,1-2H3,(H,20,21)(H,22,23,24). The molecule has 0 fully saturated rings. The third kappa shape index (κ3) is 2.12. The van der Waals surface area contributed by atoms with Crippen LogP contribution in [0.4, 0.5) is 0 Å². The van der Waals surface area contributed by atoms with Crippen LogP contribution in [-0.4, -0.2) is 21.8 Å². The van der Waals surface area contributed by atoms with E-state index < -0.39 is 5.41 Å². The molecule has 120 valence electrons. The second kappa shape index (κ2) is 5.03. The molecule has 4 rings (SSSR count). The Labute approximate surface area is 139 Å². The van der Waals surface area contributed by atoms with Crippen molar-refractivity contribution in [2.24, 2.45) is 0 Å². The maximum Gasteiger partial charge on any atom is 0.260 e. The Morgan fingerprint density at radius 2 is 1.79 bits per heavy atom. The Bertz CT molecular complexity index is 971. The van der Waals surface area contributed by atoms with Gasteiger partial charge in [-0.2, -0.15) is 0 Å². The fourth-order valence-corrected chi connectivity index (χ4v) is 3.19. The number of amides is 2. The van der Waals surface area contributed by atoms with Crippen molar-refractivity contribution in [3.05, 3.63) is 65.0 Å². The third-order valence-electron chi connectivity index (χ3n) is 4.61. The van der Waals surface area contributed by atoms with Crippen molar-refractivity contribution in [2.75, 3.05) is 0 Å². The monoisotopic (exact) mass is 319 g/mol. The maximum atomic E-state index is 12.4. The molecule has 2 amide bonds. The summed E-state index contributed by atoms with van der Waals surface area (Å²) in [5, 5.41) is 2.45. The van der Waals surface area contributed by atoms with Crippen LogP contribution in [0.5, 0.6) is 0 Å². The van der Waals surface area contributed by atoms with Gasteiger partial charge in [-0.1, -0.05) is 36.4 Å². The normalized spacial score (nSPS) is 16.1. The largest absolute Gasteiger partial charge is 0.342 e. The number of aromatic amines is 1. The zero-order valence-corrected chi connectivity index (χ0v) is 13.5. The summed E-state index contributed by atoms with van der Waals surface area (Å²) in [4.78, 5) is 32.4. The highest BCUT2D eigenvalue weighted by Gasteiger charge is 2.40. The molecular formula is C19H17N3O2. The summed E-state index contributed by atoms with van der Waals surface area (Å²) in [7, 11) is 0. The van der Waals surface area contributed by atoms with Crippen molar-refractivity contribution >= 4 is 22.8 Å². The average Bonchev–Trinajstić information content (AvgIpc) is 2.95. The van der Waals surface area contributed by atoms with Crippen molar-refractivity contribution in [1.29, 1.82) is 0 Å². The van der Waals surface area contributed by atoms with Crippen LogP contribution in [-0.2, 0) is 16.6 Å². The molecule has 1 aliphatic heterocycles. The summed E-state index contributed by atoms with van der Waals surface area (Å²) in [5.74, 6) is 0.143. The minimum Gasteiger partial charge on any atom is -0.342 e. The number of aromatic nitrogens is 2. The van der Waals surface area contributed by atoms with Crippen LogP contribution < -0.4 is 5.32 Å². The molecule has 0 atom stereocenters. The quantitative estimate of drug-likeness (QED) is 0.713. The average molecular weight is 319 g/mol. The van der Waals surface area contributed by atoms with Crippen LogP contribution in [0.25, 0.3) is 11.0 Å². The Hall–Kier alpha value is -2.95. The summed E-state index contributed by atoms with van der Waals surface area (Å²) in [6.07, 6.45) is 0.661. The number of hydrogen-bond donors (Lipinski definition) is 2. The molecule has 24 heavy (non-hydrogen) atoms. The number of imidazole rings is 1. The first-order valence-electron chi connectivity index (χ1n) is 7.88. The van der Waals surface area contributed by atoms with Crippen LogP contribution in [0.3, 0.4) is 0 Å². The van der Waals surface area contributed by atoms with E-state index >= 15 is 0 Å². The fourth-order valence-electron chi connectivity index (χ4n) is 3.19. The van der Waals surface area contributed by atoms with E-state index in [0.29, 0.717) is 17.5 Å². The molecule has 2 N–H and O–H groups in total. The van der Waals surface area contributed by atoms with Gasteiger partial charge in [-0.05, 0) is 31.0 Å². The van der Waals surface area contributed by atoms with Gasteiger partial charge in [0.05, 0.1) is 16.5 Å². The van der Waals surface area contributed by atoms with Gasteiger partial charge in [0.25, 0.3) is 5.91 Å². The Kier molecular flexibility index (Phi) is 3.06. The van der Waals surface area contributed by atoms with E-state index in [1.165, 1.54) is 0 Å². The van der Waals surface area contributed by atoms with E-state index in [1.54, 1.807) is 0 Å². The highest BCUT2D eigenvalue weighted by atomic mass is 16.2. The molecule has 1 aliphatic rings. The van der Waals surface area contributed by atoms with E-state index in [4.69, 9.17) is 0 Å². The Balaban J connectivity index is 1.85. The first kappa shape index (κ1) is 14.6. The second-order valence-corrected chi connectivity index (χ2v) is 6.64. The van der Waals surface area contributed by atoms with Gasteiger partial charge in [-0.25, -0.2) is 4.98 Å². The first-order chi connectivity index (χ1) is 11.5. The number of rotatable bonds is 2. The van der Waals surface area contributed by atoms with E-state index in [9.17, 15) is 9.59 Å². The van der Waals surface area contributed by atoms with Crippen LogP contribution >= 0.6 is 0 Å². The molecule has 0 saturated heterocycles. The lowest BCUT2D eigenvalue weighted by atomic mass is 9.78. The number of nitrogens with zero attached hydrogens (tertiary/aromatic N) is 1. The van der Waals surface area contributed by atoms with Crippen LogP contribution in [0.15, 0.2) is 42.5 Å². The van der Waals surface area contributed by atoms with Gasteiger partial charge in [-0.3, -0.25) is 14.9 Å². The van der Waals surface area contributed by atoms with Crippen LogP contribution in [0, 0.1) is 0 Å². The number of H-pyrrole nitrogens is 1. The zero-order chi connectivity index (χ0) is 16.9. The number of fused-ring (bicyclic) bond motifs is 3. The smallest absolute Gasteiger partial charge is 0.260 e. The molecule has 5 nitrogen and oxygen atoms in total. The number of imide groups is 1. The molecule has 0 aliphatic carbocycles. The van der Waals surface area contributed by atoms with E-state index in [-0.39, 0.29) is 11.8 Å². The summed E-state index contributed by atoms with van der Waals surface area (Å²) in [5.41, 5.74) is 3.03. The van der Waals surface area contributed by atoms with Crippen molar-refractivity contribution in [3.8, 4) is 0 Å². The van der Waals surface area contributed by atoms with E-state index in [1.807, 2.05) is 56.3 Å². The number of nitrogens with one attached hydrogen (secondary N) is 2. The Morgan fingerprint density at radius 3 is 2.54 bits per heavy atom. The summed E-state index contributed by atoms with van der Waals surface area (Å²) in [6, 6.07) is 13.8. The molecule has 0 unspecified atom stereocenters. The van der Waals surface area contributed by atoms with Gasteiger partial charge < -0.3 is 4.98 Å². The van der Waals surface area contributed by atoms with Crippen molar-refractivity contribution in [3.63, 3.8) is 0 Å². The lowest BCUT2D eigenvalue weighted by Crippen LogP contribution is -2.48. The van der Waals surface area contributed by atoms with Crippen LogP contribution in [0.2, 0.25) is 0 Å². The molecule has 0 spiro atoms. The van der Waals surface area contributed by atoms with E-state index in [0.717, 1.165) is 22.5 Å². The fraction of sp³-hybridized carbons (Fsp3) is 0.211. The first-order valence-corrected chi connectivity index (χ1v) is 7.88. The topological polar surface area (TPSA) is 74.8 Å². The van der Waals surface area contributed by atoms with Gasteiger partial charge in [0.2, 0.25) is 5.91 Å². The highest BCUT2D eigenvalue weighted by molar-refractivity contribution is 6.17. The Morgan fingerprint density at radius 1 is 1.04 bits per heavy atom. The maximum absolute atomic E-state index is 12.4. The molecule has 0 bridgehead atoms. The number of carbonyl (C=O) groups excluding carboxylic acids is 2. The van der Waals surface area contributed by atoms with Crippen molar-refractivity contribution in [1.82, 2.24) is 15.3 Å². The summed E-state index contributed by atoms with van der Waals surface area (Å²) >= 11 is 0. The lowest BCUT2D eigenvalue weighted by Gasteiger charge is -2.30. The number of benzene rings is 2. The molecule has 5 heteroatoms. The molecule has 2 heterocycles. The zero-order valence-electron chi connectivity index (χ0n) is 13.5.